The van der Waals surface area contributed by atoms with Crippen LogP contribution in [-0.4, -0.2) is 101 Å². The number of aromatic nitrogens is 20. The summed E-state index contributed by atoms with van der Waals surface area (Å²) in [4.78, 5) is 38.7. The van der Waals surface area contributed by atoms with E-state index in [1.54, 1.807) is 165 Å². The second-order valence-corrected chi connectivity index (χ2v) is 13.1. The number of rotatable bonds is 0. The molecule has 13 heterocycles. The molecule has 75 heavy (non-hydrogen) atoms. The molecule has 0 aliphatic rings. The molecule has 0 fully saturated rings. The van der Waals surface area contributed by atoms with E-state index in [9.17, 15) is 0 Å². The summed E-state index contributed by atoms with van der Waals surface area (Å²) in [5.74, 6) is 0. The van der Waals surface area contributed by atoms with Gasteiger partial charge in [0.25, 0.3) is 0 Å². The highest BCUT2D eigenvalue weighted by atomic mass is 32.1. The summed E-state index contributed by atoms with van der Waals surface area (Å²) in [6, 6.07) is 36.6. The van der Waals surface area contributed by atoms with Crippen LogP contribution in [0.1, 0.15) is 0 Å². The van der Waals surface area contributed by atoms with Gasteiger partial charge in [0.1, 0.15) is 25.2 Å². The Bertz CT molecular complexity index is 1900. The highest BCUT2D eigenvalue weighted by Crippen LogP contribution is 1.91. The fourth-order valence-electron chi connectivity index (χ4n) is 3.30. The second-order valence-electron chi connectivity index (χ2n) is 11.5. The Morgan fingerprint density at radius 2 is 0.920 bits per heavy atom. The Kier molecular flexibility index (Phi) is 49.6. The largest absolute Gasteiger partial charge is 0.473 e. The van der Waals surface area contributed by atoms with Crippen LogP contribution in [0.25, 0.3) is 0 Å². The summed E-state index contributed by atoms with van der Waals surface area (Å²) in [5, 5.41) is 34.6. The van der Waals surface area contributed by atoms with Crippen LogP contribution in [0.15, 0.2) is 320 Å². The average molecular weight is 1050 g/mol. The number of H-pyrrole nitrogens is 5. The van der Waals surface area contributed by atoms with Crippen molar-refractivity contribution < 1.29 is 8.83 Å². The maximum absolute atomic E-state index is 4.58. The zero-order valence-electron chi connectivity index (χ0n) is 40.3. The molecule has 13 aromatic heterocycles. The Morgan fingerprint density at radius 3 is 1.11 bits per heavy atom. The highest BCUT2D eigenvalue weighted by Gasteiger charge is 1.65. The van der Waals surface area contributed by atoms with Crippen LogP contribution in [-0.2, 0) is 0 Å². The minimum atomic E-state index is 1.38. The number of pyridine rings is 1. The van der Waals surface area contributed by atoms with Crippen molar-refractivity contribution in [2.45, 2.75) is 0 Å². The maximum atomic E-state index is 4.58. The molecule has 0 saturated carbocycles. The van der Waals surface area contributed by atoms with E-state index < -0.39 is 0 Å². The van der Waals surface area contributed by atoms with E-state index in [4.69, 9.17) is 0 Å². The first kappa shape index (κ1) is 62.4. The number of thiophene rings is 1. The van der Waals surface area contributed by atoms with Gasteiger partial charge in [0, 0.05) is 111 Å². The molecule has 14 aromatic rings. The topological polar surface area (TPSA) is 299 Å². The molecule has 0 bridgehead atoms. The van der Waals surface area contributed by atoms with Crippen LogP contribution in [0.3, 0.4) is 0 Å². The van der Waals surface area contributed by atoms with E-state index in [1.165, 1.54) is 31.6 Å². The lowest BCUT2D eigenvalue weighted by molar-refractivity contribution is 0.558. The molecule has 0 aliphatic carbocycles. The predicted molar refractivity (Wildman–Crippen MR) is 289 cm³/mol. The van der Waals surface area contributed by atoms with E-state index >= 15 is 0 Å². The zero-order chi connectivity index (χ0) is 53.0. The number of furan rings is 1. The standard InChI is InChI=1S/C6H6.C5H5N.3C4H4N2.C4H5N.C4H4O.C4H4S.2C3H4N2.C3H3NO.C3H3NS.2C2H3N3/c2*1-2-4-6-5-3-1;1-2-6-4-3-5-1;1-2-5-4-6-3-1;1-2-4-6-5-3-1;3*1-2-4-5-3-1;1-2-5-3-4-1;1-2-4-5-3-1;2*1-2-5-3-4-1;1-3-2-5-4-1;1-2-4-5-3-1/h1-6H;1-5H;3*1-4H;1-5H;2*1-4H;2*1-3H,(H,4,5);2*1-3H;2*1-2H,(H,3,4,5). The normalized spacial score (nSPS) is 8.00. The molecule has 0 unspecified atom stereocenters. The molecule has 1 aromatic carbocycles. The molecule has 5 N–H and O–H groups in total. The van der Waals surface area contributed by atoms with Gasteiger partial charge in [-0.15, -0.1) is 11.3 Å². The summed E-state index contributed by atoms with van der Waals surface area (Å²) in [6.07, 6.45) is 46.1. The first-order chi connectivity index (χ1) is 37.5. The quantitative estimate of drug-likeness (QED) is 0.0943. The number of oxazole rings is 1. The third-order valence-corrected chi connectivity index (χ3v) is 7.34. The van der Waals surface area contributed by atoms with Crippen LogP contribution in [0.5, 0.6) is 0 Å². The molecule has 0 spiro atoms. The Hall–Kier alpha value is -10.6. The molecular weight excluding hydrogens is 989 g/mol. The Labute approximate surface area is 441 Å². The minimum absolute atomic E-state index is 1.38. The summed E-state index contributed by atoms with van der Waals surface area (Å²) in [6.45, 7) is 0. The van der Waals surface area contributed by atoms with Crippen molar-refractivity contribution in [3.63, 3.8) is 0 Å². The number of imidazole rings is 1. The molecule has 24 heteroatoms. The fourth-order valence-corrected chi connectivity index (χ4v) is 4.11. The van der Waals surface area contributed by atoms with Crippen LogP contribution in [0.4, 0.5) is 0 Å². The van der Waals surface area contributed by atoms with E-state index in [2.05, 4.69) is 110 Å². The van der Waals surface area contributed by atoms with Gasteiger partial charge in [0.15, 0.2) is 6.39 Å². The number of benzene rings is 1. The minimum Gasteiger partial charge on any atom is -0.473 e. The lowest BCUT2D eigenvalue weighted by Crippen LogP contribution is -1.69. The van der Waals surface area contributed by atoms with Gasteiger partial charge in [-0.05, 0) is 71.4 Å². The van der Waals surface area contributed by atoms with Gasteiger partial charge in [-0.2, -0.15) is 47.1 Å². The number of aromatic amines is 5. The third kappa shape index (κ3) is 57.6. The van der Waals surface area contributed by atoms with Gasteiger partial charge in [-0.3, -0.25) is 30.1 Å². The van der Waals surface area contributed by atoms with Gasteiger partial charge in [-0.1, -0.05) is 54.6 Å². The number of thiazole rings is 1. The van der Waals surface area contributed by atoms with Crippen molar-refractivity contribution in [3.8, 4) is 0 Å². The first-order valence-electron chi connectivity index (χ1n) is 21.6. The van der Waals surface area contributed by atoms with Crippen molar-refractivity contribution in [1.82, 2.24) is 101 Å². The summed E-state index contributed by atoms with van der Waals surface area (Å²) in [7, 11) is 0. The highest BCUT2D eigenvalue weighted by molar-refractivity contribution is 7.07. The first-order valence-corrected chi connectivity index (χ1v) is 23.5. The number of hydrogen-bond acceptors (Lipinski definition) is 19. The van der Waals surface area contributed by atoms with E-state index in [1.807, 2.05) is 138 Å². The molecule has 22 nitrogen and oxygen atoms in total. The van der Waals surface area contributed by atoms with Gasteiger partial charge >= 0.3 is 0 Å². The molecule has 0 atom stereocenters. The smallest absolute Gasteiger partial charge is 0.180 e. The van der Waals surface area contributed by atoms with Crippen molar-refractivity contribution in [1.29, 1.82) is 0 Å². The number of nitrogens with zero attached hydrogens (tertiary/aromatic N) is 15. The molecule has 14 rings (SSSR count). The average Bonchev–Trinajstić information content (AvgIpc) is 4.35. The Morgan fingerprint density at radius 1 is 0.293 bits per heavy atom. The van der Waals surface area contributed by atoms with Crippen molar-refractivity contribution in [2.24, 2.45) is 0 Å². The van der Waals surface area contributed by atoms with E-state index in [0.717, 1.165) is 0 Å². The fraction of sp³-hybridized carbons (Fsp3) is 0. The lowest BCUT2D eigenvalue weighted by atomic mass is 10.4. The van der Waals surface area contributed by atoms with Gasteiger partial charge in [0.05, 0.1) is 43.0 Å². The van der Waals surface area contributed by atoms with E-state index in [-0.39, 0.29) is 0 Å². The summed E-state index contributed by atoms with van der Waals surface area (Å²) >= 11 is 3.31. The molecule has 384 valence electrons. The summed E-state index contributed by atoms with van der Waals surface area (Å²) in [5.41, 5.74) is 1.79. The molecule has 0 radical (unpaired) electrons. The van der Waals surface area contributed by atoms with Crippen LogP contribution in [0.2, 0.25) is 0 Å². The van der Waals surface area contributed by atoms with Gasteiger partial charge in [0.2, 0.25) is 0 Å². The zero-order valence-corrected chi connectivity index (χ0v) is 41.9. The van der Waals surface area contributed by atoms with Crippen molar-refractivity contribution in [3.05, 3.63) is 311 Å². The second kappa shape index (κ2) is 59.5. The lowest BCUT2D eigenvalue weighted by Gasteiger charge is -1.70. The molecular formula is C51H56N20O2S2. The Balaban J connectivity index is 0.000000404. The molecule has 0 amide bonds. The maximum Gasteiger partial charge on any atom is 0.180 e. The van der Waals surface area contributed by atoms with Crippen LogP contribution >= 0.6 is 22.7 Å². The van der Waals surface area contributed by atoms with Crippen LogP contribution < -0.4 is 0 Å². The monoisotopic (exact) mass is 1040 g/mol. The SMILES string of the molecule is c1c[nH]cn1.c1cc[nH]c1.c1ccccc1.c1ccncc1.c1ccnnc1.c1ccoc1.c1ccsc1.c1cn[nH]c1.c1cn[nH]n1.c1cnccn1.c1cncnc1.c1cocn1.c1cscn1.c1nc[nH]n1. The van der Waals surface area contributed by atoms with Gasteiger partial charge in [-0.25, -0.2) is 24.9 Å². The predicted octanol–water partition coefficient (Wildman–Crippen LogP) is 10.5. The molecule has 0 aliphatic heterocycles. The van der Waals surface area contributed by atoms with Crippen LogP contribution in [0, 0.1) is 0 Å². The van der Waals surface area contributed by atoms with E-state index in [0.29, 0.717) is 0 Å². The van der Waals surface area contributed by atoms with Crippen molar-refractivity contribution >= 4 is 22.7 Å². The number of nitrogens with one attached hydrogen (secondary N) is 5. The third-order valence-electron chi connectivity index (χ3n) is 6.19. The summed E-state index contributed by atoms with van der Waals surface area (Å²) < 4.78 is 9.06. The van der Waals surface area contributed by atoms with Gasteiger partial charge < -0.3 is 18.8 Å². The van der Waals surface area contributed by atoms with Crippen molar-refractivity contribution in [2.75, 3.05) is 0 Å². The number of hydrogen-bond donors (Lipinski definition) is 5. The molecule has 0 saturated heterocycles.